The molecule has 9 heteroatoms. The summed E-state index contributed by atoms with van der Waals surface area (Å²) in [5.41, 5.74) is 2.74. The van der Waals surface area contributed by atoms with Crippen molar-refractivity contribution in [2.45, 2.75) is 17.6 Å². The van der Waals surface area contributed by atoms with E-state index in [4.69, 9.17) is 13.7 Å². The average Bonchev–Trinajstić information content (AvgIpc) is 3.37. The first-order valence-electron chi connectivity index (χ1n) is 8.09. The predicted molar refractivity (Wildman–Crippen MR) is 97.5 cm³/mol. The van der Waals surface area contributed by atoms with Crippen LogP contribution in [0.1, 0.15) is 11.5 Å². The van der Waals surface area contributed by atoms with E-state index in [1.165, 1.54) is 11.8 Å². The number of aromatic nitrogens is 5. The molecule has 136 valence electrons. The molecule has 0 bridgehead atoms. The van der Waals surface area contributed by atoms with Crippen LogP contribution in [0.3, 0.4) is 0 Å². The third-order valence-electron chi connectivity index (χ3n) is 3.62. The summed E-state index contributed by atoms with van der Waals surface area (Å²) in [6.07, 6.45) is 3.35. The summed E-state index contributed by atoms with van der Waals surface area (Å²) in [6.45, 7) is 0.533. The Morgan fingerprint density at radius 3 is 2.81 bits per heavy atom. The largest absolute Gasteiger partial charge is 0.411 e. The Kier molecular flexibility index (Phi) is 5.22. The molecule has 27 heavy (non-hydrogen) atoms. The molecule has 0 atom stereocenters. The van der Waals surface area contributed by atoms with E-state index in [1.54, 1.807) is 19.5 Å². The quantitative estimate of drug-likeness (QED) is 0.444. The molecule has 0 aliphatic carbocycles. The topological polar surface area (TPSA) is 100.0 Å². The first-order valence-corrected chi connectivity index (χ1v) is 9.08. The molecular formula is C18H15N5O3S. The van der Waals surface area contributed by atoms with E-state index in [1.807, 2.05) is 36.4 Å². The van der Waals surface area contributed by atoms with Crippen LogP contribution < -0.4 is 0 Å². The zero-order valence-electron chi connectivity index (χ0n) is 14.4. The van der Waals surface area contributed by atoms with Gasteiger partial charge in [-0.25, -0.2) is 0 Å². The van der Waals surface area contributed by atoms with Gasteiger partial charge >= 0.3 is 0 Å². The molecule has 3 aromatic heterocycles. The number of pyridine rings is 1. The van der Waals surface area contributed by atoms with Crippen molar-refractivity contribution in [3.63, 3.8) is 0 Å². The molecule has 4 rings (SSSR count). The first kappa shape index (κ1) is 17.4. The smallest absolute Gasteiger partial charge is 0.277 e. The third kappa shape index (κ3) is 4.21. The fourth-order valence-corrected chi connectivity index (χ4v) is 3.00. The van der Waals surface area contributed by atoms with Gasteiger partial charge in [0.15, 0.2) is 0 Å². The molecule has 0 fully saturated rings. The van der Waals surface area contributed by atoms with E-state index in [9.17, 15) is 0 Å². The highest BCUT2D eigenvalue weighted by atomic mass is 32.2. The molecule has 0 spiro atoms. The van der Waals surface area contributed by atoms with Gasteiger partial charge in [0.2, 0.25) is 17.6 Å². The molecule has 0 unspecified atom stereocenters. The van der Waals surface area contributed by atoms with E-state index < -0.39 is 0 Å². The highest BCUT2D eigenvalue weighted by Crippen LogP contribution is 2.26. The molecule has 8 nitrogen and oxygen atoms in total. The van der Waals surface area contributed by atoms with Gasteiger partial charge in [0.1, 0.15) is 0 Å². The summed E-state index contributed by atoms with van der Waals surface area (Å²) in [4.78, 5) is 8.39. The maximum atomic E-state index is 5.63. The van der Waals surface area contributed by atoms with Crippen molar-refractivity contribution in [1.29, 1.82) is 0 Å². The Balaban J connectivity index is 1.42. The first-order chi connectivity index (χ1) is 13.3. The number of rotatable bonds is 7. The lowest BCUT2D eigenvalue weighted by atomic mass is 10.1. The van der Waals surface area contributed by atoms with Gasteiger partial charge in [0.05, 0.1) is 12.4 Å². The number of ether oxygens (including phenoxy) is 1. The standard InChI is InChI=1S/C18H15N5O3S/c1-24-10-12-3-2-4-14(9-12)16-20-15(26-23-16)11-27-18-22-21-17(25-18)13-5-7-19-8-6-13/h2-9H,10-11H2,1H3. The van der Waals surface area contributed by atoms with Crippen LogP contribution in [-0.4, -0.2) is 32.4 Å². The van der Waals surface area contributed by atoms with Gasteiger partial charge in [-0.3, -0.25) is 4.98 Å². The zero-order chi connectivity index (χ0) is 18.5. The van der Waals surface area contributed by atoms with Gasteiger partial charge in [-0.1, -0.05) is 35.1 Å². The summed E-state index contributed by atoms with van der Waals surface area (Å²) in [5, 5.41) is 12.5. The lowest BCUT2D eigenvalue weighted by molar-refractivity contribution is 0.185. The number of nitrogens with zero attached hydrogens (tertiary/aromatic N) is 5. The van der Waals surface area contributed by atoms with Crippen LogP contribution in [-0.2, 0) is 17.1 Å². The van der Waals surface area contributed by atoms with Crippen molar-refractivity contribution in [1.82, 2.24) is 25.3 Å². The predicted octanol–water partition coefficient (Wildman–Crippen LogP) is 3.62. The highest BCUT2D eigenvalue weighted by Gasteiger charge is 2.13. The van der Waals surface area contributed by atoms with Crippen molar-refractivity contribution in [2.75, 3.05) is 7.11 Å². The maximum Gasteiger partial charge on any atom is 0.277 e. The van der Waals surface area contributed by atoms with Crippen LogP contribution in [0.4, 0.5) is 0 Å². The van der Waals surface area contributed by atoms with Crippen LogP contribution in [0.2, 0.25) is 0 Å². The van der Waals surface area contributed by atoms with Gasteiger partial charge in [-0.15, -0.1) is 10.2 Å². The second kappa shape index (κ2) is 8.11. The highest BCUT2D eigenvalue weighted by molar-refractivity contribution is 7.98. The summed E-state index contributed by atoms with van der Waals surface area (Å²) in [6, 6.07) is 11.4. The van der Waals surface area contributed by atoms with Gasteiger partial charge in [0, 0.05) is 30.6 Å². The Morgan fingerprint density at radius 1 is 1.07 bits per heavy atom. The van der Waals surface area contributed by atoms with Gasteiger partial charge in [-0.05, 0) is 23.8 Å². The Labute approximate surface area is 159 Å². The van der Waals surface area contributed by atoms with Crippen molar-refractivity contribution in [2.24, 2.45) is 0 Å². The van der Waals surface area contributed by atoms with E-state index in [2.05, 4.69) is 25.3 Å². The number of hydrogen-bond donors (Lipinski definition) is 0. The minimum Gasteiger partial charge on any atom is -0.411 e. The van der Waals surface area contributed by atoms with E-state index in [-0.39, 0.29) is 0 Å². The monoisotopic (exact) mass is 381 g/mol. The van der Waals surface area contributed by atoms with Crippen LogP contribution in [0.15, 0.2) is 63.0 Å². The summed E-state index contributed by atoms with van der Waals surface area (Å²) in [5.74, 6) is 1.89. The van der Waals surface area contributed by atoms with Crippen molar-refractivity contribution >= 4 is 11.8 Å². The average molecular weight is 381 g/mol. The zero-order valence-corrected chi connectivity index (χ0v) is 15.2. The fraction of sp³-hybridized carbons (Fsp3) is 0.167. The Bertz CT molecular complexity index is 1020. The molecule has 0 aliphatic rings. The number of thioether (sulfide) groups is 1. The van der Waals surface area contributed by atoms with E-state index in [0.29, 0.717) is 35.2 Å². The molecule has 0 N–H and O–H groups in total. The summed E-state index contributed by atoms with van der Waals surface area (Å²) < 4.78 is 16.1. The molecule has 0 saturated heterocycles. The second-order valence-electron chi connectivity index (χ2n) is 5.54. The van der Waals surface area contributed by atoms with Crippen molar-refractivity contribution in [3.05, 3.63) is 60.2 Å². The Morgan fingerprint density at radius 2 is 1.96 bits per heavy atom. The van der Waals surface area contributed by atoms with Crippen LogP contribution in [0, 0.1) is 0 Å². The number of hydrogen-bond acceptors (Lipinski definition) is 9. The lowest BCUT2D eigenvalue weighted by Gasteiger charge is -2.00. The van der Waals surface area contributed by atoms with Crippen LogP contribution in [0.25, 0.3) is 22.8 Å². The van der Waals surface area contributed by atoms with Crippen molar-refractivity contribution in [3.8, 4) is 22.8 Å². The summed E-state index contributed by atoms with van der Waals surface area (Å²) in [7, 11) is 1.66. The normalized spacial score (nSPS) is 11.0. The van der Waals surface area contributed by atoms with Crippen molar-refractivity contribution < 1.29 is 13.7 Å². The van der Waals surface area contributed by atoms with E-state index in [0.717, 1.165) is 16.7 Å². The molecule has 0 amide bonds. The molecule has 0 aliphatic heterocycles. The molecule has 4 aromatic rings. The molecule has 1 aromatic carbocycles. The molecule has 0 saturated carbocycles. The number of benzene rings is 1. The molecular weight excluding hydrogens is 366 g/mol. The lowest BCUT2D eigenvalue weighted by Crippen LogP contribution is -1.89. The molecule has 0 radical (unpaired) electrons. The Hall–Kier alpha value is -3.04. The second-order valence-corrected chi connectivity index (χ2v) is 6.47. The van der Waals surface area contributed by atoms with E-state index >= 15 is 0 Å². The van der Waals surface area contributed by atoms with Gasteiger partial charge in [0.25, 0.3) is 5.22 Å². The fourth-order valence-electron chi connectivity index (χ4n) is 2.40. The summed E-state index contributed by atoms with van der Waals surface area (Å²) >= 11 is 1.34. The van der Waals surface area contributed by atoms with Crippen LogP contribution >= 0.6 is 11.8 Å². The SMILES string of the molecule is COCc1cccc(-c2noc(CSc3nnc(-c4ccncc4)o3)n2)c1. The van der Waals surface area contributed by atoms with Gasteiger partial charge < -0.3 is 13.7 Å². The van der Waals surface area contributed by atoms with Crippen LogP contribution in [0.5, 0.6) is 0 Å². The molecule has 3 heterocycles. The maximum absolute atomic E-state index is 5.63. The third-order valence-corrected chi connectivity index (χ3v) is 4.42. The van der Waals surface area contributed by atoms with Gasteiger partial charge in [-0.2, -0.15) is 4.98 Å². The minimum atomic E-state index is 0.433. The minimum absolute atomic E-state index is 0.433. The number of methoxy groups -OCH3 is 1.